The number of hydrogen-bond acceptors (Lipinski definition) is 6. The quantitative estimate of drug-likeness (QED) is 0.536. The average molecular weight is 468 g/mol. The first-order chi connectivity index (χ1) is 15.8. The van der Waals surface area contributed by atoms with Crippen molar-refractivity contribution in [2.75, 3.05) is 12.4 Å². The van der Waals surface area contributed by atoms with Gasteiger partial charge in [-0.05, 0) is 43.2 Å². The van der Waals surface area contributed by atoms with Gasteiger partial charge in [0, 0.05) is 25.5 Å². The number of carbonyl (C=O) groups excluding carboxylic acids is 1. The lowest BCUT2D eigenvalue weighted by molar-refractivity contribution is -0.146. The van der Waals surface area contributed by atoms with Crippen LogP contribution >= 0.6 is 11.6 Å². The Morgan fingerprint density at radius 1 is 1.27 bits per heavy atom. The van der Waals surface area contributed by atoms with Crippen molar-refractivity contribution in [3.8, 4) is 17.1 Å². The number of fused-ring (bicyclic) bond motifs is 1. The lowest BCUT2D eigenvalue weighted by atomic mass is 10.1. The van der Waals surface area contributed by atoms with E-state index in [0.717, 1.165) is 11.1 Å². The molecule has 1 heterocycles. The normalized spacial score (nSPS) is 16.9. The number of benzene rings is 2. The molecule has 2 atom stereocenters. The number of esters is 1. The minimum Gasteiger partial charge on any atom is -0.497 e. The highest BCUT2D eigenvalue weighted by Gasteiger charge is 2.35. The van der Waals surface area contributed by atoms with Gasteiger partial charge < -0.3 is 14.8 Å². The van der Waals surface area contributed by atoms with Gasteiger partial charge in [0.25, 0.3) is 5.56 Å². The lowest BCUT2D eigenvalue weighted by Gasteiger charge is -2.24. The number of carbonyl (C=O) groups is 1. The Balaban J connectivity index is 1.78. The third kappa shape index (κ3) is 4.33. The summed E-state index contributed by atoms with van der Waals surface area (Å²) in [5.74, 6) is 0.757. The Morgan fingerprint density at radius 2 is 2.03 bits per heavy atom. The van der Waals surface area contributed by atoms with E-state index in [2.05, 4.69) is 5.32 Å². The molecule has 1 aliphatic rings. The van der Waals surface area contributed by atoms with Crippen LogP contribution in [0, 0.1) is 6.92 Å². The van der Waals surface area contributed by atoms with E-state index in [9.17, 15) is 9.59 Å². The first-order valence-corrected chi connectivity index (χ1v) is 11.2. The Bertz CT molecular complexity index is 1270. The molecule has 0 radical (unpaired) electrons. The number of aryl methyl sites for hydroxylation is 1. The summed E-state index contributed by atoms with van der Waals surface area (Å²) in [5.41, 5.74) is 3.45. The SMILES string of the molecule is CCn1c(-c2ccc(OC)cc2Cl)nc(C)c(NC2c3ccccc3C[C@@H]2OC(C)=O)c1=O. The zero-order chi connectivity index (χ0) is 23.7. The average Bonchev–Trinajstić information content (AvgIpc) is 3.12. The molecule has 3 aromatic rings. The van der Waals surface area contributed by atoms with Gasteiger partial charge in [0.15, 0.2) is 0 Å². The molecule has 33 heavy (non-hydrogen) atoms. The Morgan fingerprint density at radius 3 is 2.70 bits per heavy atom. The topological polar surface area (TPSA) is 82.4 Å². The number of nitrogens with zero attached hydrogens (tertiary/aromatic N) is 2. The van der Waals surface area contributed by atoms with Crippen LogP contribution in [0.1, 0.15) is 36.7 Å². The van der Waals surface area contributed by atoms with E-state index >= 15 is 0 Å². The summed E-state index contributed by atoms with van der Waals surface area (Å²) in [7, 11) is 1.57. The lowest BCUT2D eigenvalue weighted by Crippen LogP contribution is -2.32. The second-order valence-corrected chi connectivity index (χ2v) is 8.37. The minimum absolute atomic E-state index is 0.210. The monoisotopic (exact) mass is 467 g/mol. The molecular weight excluding hydrogens is 442 g/mol. The number of rotatable bonds is 6. The van der Waals surface area contributed by atoms with Gasteiger partial charge in [0.2, 0.25) is 0 Å². The second-order valence-electron chi connectivity index (χ2n) is 7.96. The number of nitrogens with one attached hydrogen (secondary N) is 1. The van der Waals surface area contributed by atoms with Gasteiger partial charge in [-0.2, -0.15) is 0 Å². The van der Waals surface area contributed by atoms with Crippen LogP contribution < -0.4 is 15.6 Å². The number of halogens is 1. The third-order valence-corrected chi connectivity index (χ3v) is 6.20. The van der Waals surface area contributed by atoms with Gasteiger partial charge in [-0.1, -0.05) is 35.9 Å². The van der Waals surface area contributed by atoms with Crippen molar-refractivity contribution in [3.63, 3.8) is 0 Å². The van der Waals surface area contributed by atoms with Crippen molar-refractivity contribution in [2.45, 2.75) is 45.9 Å². The fourth-order valence-corrected chi connectivity index (χ4v) is 4.59. The van der Waals surface area contributed by atoms with Crippen molar-refractivity contribution in [3.05, 3.63) is 74.7 Å². The zero-order valence-corrected chi connectivity index (χ0v) is 19.8. The predicted molar refractivity (Wildman–Crippen MR) is 128 cm³/mol. The first-order valence-electron chi connectivity index (χ1n) is 10.8. The van der Waals surface area contributed by atoms with E-state index in [1.165, 1.54) is 6.92 Å². The van der Waals surface area contributed by atoms with Gasteiger partial charge >= 0.3 is 5.97 Å². The van der Waals surface area contributed by atoms with E-state index in [1.807, 2.05) is 31.2 Å². The summed E-state index contributed by atoms with van der Waals surface area (Å²) in [5, 5.41) is 3.80. The van der Waals surface area contributed by atoms with Gasteiger partial charge in [-0.25, -0.2) is 4.98 Å². The first kappa shape index (κ1) is 22.9. The molecule has 1 aromatic heterocycles. The maximum Gasteiger partial charge on any atom is 0.302 e. The van der Waals surface area contributed by atoms with E-state index in [4.69, 9.17) is 26.1 Å². The molecule has 0 amide bonds. The number of ether oxygens (including phenoxy) is 2. The Kier molecular flexibility index (Phi) is 6.42. The van der Waals surface area contributed by atoms with Crippen LogP contribution in [0.2, 0.25) is 5.02 Å². The second kappa shape index (κ2) is 9.27. The molecule has 8 heteroatoms. The fraction of sp³-hybridized carbons (Fsp3) is 0.320. The van der Waals surface area contributed by atoms with Gasteiger partial charge in [-0.15, -0.1) is 0 Å². The van der Waals surface area contributed by atoms with Crippen LogP contribution in [0.15, 0.2) is 47.3 Å². The summed E-state index contributed by atoms with van der Waals surface area (Å²) in [6.45, 7) is 5.47. The molecule has 0 bridgehead atoms. The van der Waals surface area contributed by atoms with Crippen molar-refractivity contribution < 1.29 is 14.3 Å². The molecule has 0 saturated carbocycles. The highest BCUT2D eigenvalue weighted by molar-refractivity contribution is 6.33. The smallest absolute Gasteiger partial charge is 0.302 e. The van der Waals surface area contributed by atoms with Crippen molar-refractivity contribution >= 4 is 23.3 Å². The molecular formula is C25H26ClN3O4. The van der Waals surface area contributed by atoms with Gasteiger partial charge in [0.1, 0.15) is 23.4 Å². The number of hydrogen-bond donors (Lipinski definition) is 1. The molecule has 2 aromatic carbocycles. The zero-order valence-electron chi connectivity index (χ0n) is 19.0. The molecule has 1 N–H and O–H groups in total. The number of anilines is 1. The minimum atomic E-state index is -0.413. The maximum absolute atomic E-state index is 13.6. The number of aromatic nitrogens is 2. The highest BCUT2D eigenvalue weighted by atomic mass is 35.5. The van der Waals surface area contributed by atoms with Crippen molar-refractivity contribution in [2.24, 2.45) is 0 Å². The molecule has 1 unspecified atom stereocenters. The van der Waals surface area contributed by atoms with E-state index < -0.39 is 6.10 Å². The van der Waals surface area contributed by atoms with Crippen LogP contribution in [-0.2, 0) is 22.5 Å². The molecule has 0 saturated heterocycles. The molecule has 4 rings (SSSR count). The fourth-order valence-electron chi connectivity index (χ4n) is 4.34. The molecule has 0 fully saturated rings. The Hall–Kier alpha value is -3.32. The van der Waals surface area contributed by atoms with Crippen LogP contribution in [0.25, 0.3) is 11.4 Å². The molecule has 7 nitrogen and oxygen atoms in total. The van der Waals surface area contributed by atoms with Gasteiger partial charge in [-0.3, -0.25) is 14.2 Å². The Labute approximate surface area is 197 Å². The molecule has 0 spiro atoms. The third-order valence-electron chi connectivity index (χ3n) is 5.88. The largest absolute Gasteiger partial charge is 0.497 e. The van der Waals surface area contributed by atoms with Crippen LogP contribution in [0.5, 0.6) is 5.75 Å². The van der Waals surface area contributed by atoms with Gasteiger partial charge in [0.05, 0.1) is 23.9 Å². The summed E-state index contributed by atoms with van der Waals surface area (Å²) < 4.78 is 12.4. The predicted octanol–water partition coefficient (Wildman–Crippen LogP) is 4.54. The molecule has 1 aliphatic carbocycles. The van der Waals surface area contributed by atoms with Crippen molar-refractivity contribution in [1.82, 2.24) is 9.55 Å². The summed E-state index contributed by atoms with van der Waals surface area (Å²) in [6.07, 6.45) is 0.172. The summed E-state index contributed by atoms with van der Waals surface area (Å²) in [6, 6.07) is 12.8. The summed E-state index contributed by atoms with van der Waals surface area (Å²) in [4.78, 5) is 30.0. The standard InChI is InChI=1S/C25H26ClN3O4/c1-5-29-24(19-11-10-17(32-4)13-20(19)26)27-14(2)22(25(29)31)28-23-18-9-7-6-8-16(18)12-21(23)33-15(3)30/h6-11,13,21,23,28H,5,12H2,1-4H3/t21-,23?/m0/s1. The molecule has 172 valence electrons. The van der Waals surface area contributed by atoms with Crippen LogP contribution in [0.4, 0.5) is 5.69 Å². The number of methoxy groups -OCH3 is 1. The van der Waals surface area contributed by atoms with E-state index in [-0.39, 0.29) is 17.6 Å². The highest BCUT2D eigenvalue weighted by Crippen LogP contribution is 2.36. The van der Waals surface area contributed by atoms with E-state index in [0.29, 0.717) is 46.5 Å². The maximum atomic E-state index is 13.6. The summed E-state index contributed by atoms with van der Waals surface area (Å²) >= 11 is 6.48. The molecule has 0 aliphatic heterocycles. The van der Waals surface area contributed by atoms with Crippen molar-refractivity contribution in [1.29, 1.82) is 0 Å². The van der Waals surface area contributed by atoms with Crippen LogP contribution in [0.3, 0.4) is 0 Å². The van der Waals surface area contributed by atoms with E-state index in [1.54, 1.807) is 36.8 Å². The van der Waals surface area contributed by atoms with Crippen LogP contribution in [-0.4, -0.2) is 28.7 Å².